The van der Waals surface area contributed by atoms with Crippen molar-refractivity contribution in [3.8, 4) is 0 Å². The summed E-state index contributed by atoms with van der Waals surface area (Å²) in [6.45, 7) is 5.23. The highest BCUT2D eigenvalue weighted by molar-refractivity contribution is 5.93. The molecule has 26 heavy (non-hydrogen) atoms. The molecule has 1 saturated heterocycles. The zero-order chi connectivity index (χ0) is 18.1. The van der Waals surface area contributed by atoms with Gasteiger partial charge in [-0.3, -0.25) is 4.79 Å². The minimum atomic E-state index is -0.129. The fourth-order valence-corrected chi connectivity index (χ4v) is 3.36. The zero-order valence-electron chi connectivity index (χ0n) is 14.8. The van der Waals surface area contributed by atoms with Gasteiger partial charge in [-0.15, -0.1) is 0 Å². The molecule has 0 bridgehead atoms. The summed E-state index contributed by atoms with van der Waals surface area (Å²) in [6.07, 6.45) is 4.91. The summed E-state index contributed by atoms with van der Waals surface area (Å²) in [4.78, 5) is 27.7. The van der Waals surface area contributed by atoms with E-state index in [-0.39, 0.29) is 11.8 Å². The number of aromatic nitrogens is 4. The molecule has 3 aromatic heterocycles. The maximum absolute atomic E-state index is 12.7. The van der Waals surface area contributed by atoms with Gasteiger partial charge < -0.3 is 14.7 Å². The number of nitrogens with one attached hydrogen (secondary N) is 1. The van der Waals surface area contributed by atoms with Gasteiger partial charge in [-0.25, -0.2) is 9.97 Å². The van der Waals surface area contributed by atoms with E-state index >= 15 is 0 Å². The smallest absolute Gasteiger partial charge is 0.263 e. The van der Waals surface area contributed by atoms with Gasteiger partial charge in [-0.05, 0) is 38.3 Å². The first-order valence-corrected chi connectivity index (χ1v) is 8.68. The number of amides is 1. The molecular formula is C18H20N6O2. The van der Waals surface area contributed by atoms with Crippen LogP contribution in [0, 0.1) is 19.8 Å². The predicted octanol–water partition coefficient (Wildman–Crippen LogP) is 2.48. The van der Waals surface area contributed by atoms with E-state index in [1.54, 1.807) is 6.20 Å². The van der Waals surface area contributed by atoms with Gasteiger partial charge in [0.1, 0.15) is 23.3 Å². The number of fused-ring (bicyclic) bond motifs is 1. The Hall–Kier alpha value is -3.03. The van der Waals surface area contributed by atoms with Gasteiger partial charge in [0.15, 0.2) is 0 Å². The molecule has 1 fully saturated rings. The number of aryl methyl sites for hydroxylation is 2. The van der Waals surface area contributed by atoms with Gasteiger partial charge in [0.25, 0.3) is 5.71 Å². The van der Waals surface area contributed by atoms with Crippen molar-refractivity contribution in [2.75, 3.05) is 23.3 Å². The Morgan fingerprint density at radius 3 is 3.04 bits per heavy atom. The molecule has 1 aliphatic rings. The maximum Gasteiger partial charge on any atom is 0.263 e. The SMILES string of the molecule is Cc1cccnc1NC(=O)C1CCCN(c2ncnc3onc(C)c23)C1. The molecular weight excluding hydrogens is 332 g/mol. The second-order valence-electron chi connectivity index (χ2n) is 6.59. The number of hydrogen-bond donors (Lipinski definition) is 1. The van der Waals surface area contributed by atoms with Crippen LogP contribution in [-0.4, -0.2) is 39.1 Å². The van der Waals surface area contributed by atoms with E-state index in [2.05, 4.69) is 30.3 Å². The van der Waals surface area contributed by atoms with Gasteiger partial charge >= 0.3 is 0 Å². The summed E-state index contributed by atoms with van der Waals surface area (Å²) < 4.78 is 5.23. The molecule has 4 rings (SSSR count). The van der Waals surface area contributed by atoms with Crippen molar-refractivity contribution < 1.29 is 9.32 Å². The zero-order valence-corrected chi connectivity index (χ0v) is 14.8. The highest BCUT2D eigenvalue weighted by Crippen LogP contribution is 2.29. The molecule has 1 aliphatic heterocycles. The third-order valence-corrected chi connectivity index (χ3v) is 4.77. The molecule has 0 spiro atoms. The van der Waals surface area contributed by atoms with E-state index in [1.807, 2.05) is 26.0 Å². The van der Waals surface area contributed by atoms with Crippen LogP contribution in [0.5, 0.6) is 0 Å². The Balaban J connectivity index is 1.55. The van der Waals surface area contributed by atoms with E-state index in [0.29, 0.717) is 18.1 Å². The number of pyridine rings is 1. The van der Waals surface area contributed by atoms with Crippen LogP contribution in [0.2, 0.25) is 0 Å². The minimum absolute atomic E-state index is 0.0103. The Morgan fingerprint density at radius 1 is 1.31 bits per heavy atom. The van der Waals surface area contributed by atoms with E-state index in [1.165, 1.54) is 6.33 Å². The molecule has 4 heterocycles. The number of rotatable bonds is 3. The van der Waals surface area contributed by atoms with Crippen LogP contribution in [-0.2, 0) is 4.79 Å². The van der Waals surface area contributed by atoms with Crippen molar-refractivity contribution in [1.29, 1.82) is 0 Å². The molecule has 1 N–H and O–H groups in total. The molecule has 3 aromatic rings. The summed E-state index contributed by atoms with van der Waals surface area (Å²) in [5.74, 6) is 1.26. The molecule has 1 amide bonds. The summed E-state index contributed by atoms with van der Waals surface area (Å²) in [7, 11) is 0. The largest absolute Gasteiger partial charge is 0.355 e. The average molecular weight is 352 g/mol. The van der Waals surface area contributed by atoms with Crippen molar-refractivity contribution in [2.24, 2.45) is 5.92 Å². The quantitative estimate of drug-likeness (QED) is 0.773. The Kier molecular flexibility index (Phi) is 4.24. The third-order valence-electron chi connectivity index (χ3n) is 4.77. The third kappa shape index (κ3) is 2.98. The van der Waals surface area contributed by atoms with Crippen molar-refractivity contribution >= 4 is 28.6 Å². The van der Waals surface area contributed by atoms with Gasteiger partial charge in [0, 0.05) is 19.3 Å². The van der Waals surface area contributed by atoms with Crippen LogP contribution >= 0.6 is 0 Å². The molecule has 8 nitrogen and oxygen atoms in total. The van der Waals surface area contributed by atoms with Crippen LogP contribution in [0.1, 0.15) is 24.1 Å². The number of nitrogens with zero attached hydrogens (tertiary/aromatic N) is 5. The minimum Gasteiger partial charge on any atom is -0.355 e. The predicted molar refractivity (Wildman–Crippen MR) is 96.9 cm³/mol. The first-order chi connectivity index (χ1) is 12.6. The van der Waals surface area contributed by atoms with Crippen LogP contribution in [0.3, 0.4) is 0 Å². The fraction of sp³-hybridized carbons (Fsp3) is 0.389. The lowest BCUT2D eigenvalue weighted by molar-refractivity contribution is -0.120. The van der Waals surface area contributed by atoms with Crippen LogP contribution in [0.25, 0.3) is 11.1 Å². The highest BCUT2D eigenvalue weighted by atomic mass is 16.5. The summed E-state index contributed by atoms with van der Waals surface area (Å²) in [6, 6.07) is 3.79. The Morgan fingerprint density at radius 2 is 2.19 bits per heavy atom. The van der Waals surface area contributed by atoms with Gasteiger partial charge in [-0.1, -0.05) is 11.2 Å². The van der Waals surface area contributed by atoms with Crippen LogP contribution in [0.15, 0.2) is 29.2 Å². The van der Waals surface area contributed by atoms with E-state index in [0.717, 1.165) is 41.8 Å². The number of anilines is 2. The summed E-state index contributed by atoms with van der Waals surface area (Å²) >= 11 is 0. The molecule has 0 aliphatic carbocycles. The lowest BCUT2D eigenvalue weighted by atomic mass is 9.96. The molecule has 0 radical (unpaired) electrons. The number of piperidine rings is 1. The van der Waals surface area contributed by atoms with Crippen molar-refractivity contribution in [3.05, 3.63) is 35.9 Å². The molecule has 1 atom stereocenters. The lowest BCUT2D eigenvalue weighted by Crippen LogP contribution is -2.41. The Labute approximate surface area is 150 Å². The number of carbonyl (C=O) groups excluding carboxylic acids is 1. The molecule has 0 aromatic carbocycles. The van der Waals surface area contributed by atoms with Crippen molar-refractivity contribution in [1.82, 2.24) is 20.1 Å². The fourth-order valence-electron chi connectivity index (χ4n) is 3.36. The average Bonchev–Trinajstić information content (AvgIpc) is 3.05. The molecule has 134 valence electrons. The summed E-state index contributed by atoms with van der Waals surface area (Å²) in [5, 5.41) is 7.75. The highest BCUT2D eigenvalue weighted by Gasteiger charge is 2.29. The van der Waals surface area contributed by atoms with Crippen molar-refractivity contribution in [3.63, 3.8) is 0 Å². The van der Waals surface area contributed by atoms with Crippen molar-refractivity contribution in [2.45, 2.75) is 26.7 Å². The normalized spacial score (nSPS) is 17.5. The summed E-state index contributed by atoms with van der Waals surface area (Å²) in [5.41, 5.74) is 2.18. The van der Waals surface area contributed by atoms with Gasteiger partial charge in [-0.2, -0.15) is 4.98 Å². The van der Waals surface area contributed by atoms with Crippen LogP contribution in [0.4, 0.5) is 11.6 Å². The topological polar surface area (TPSA) is 97.0 Å². The lowest BCUT2D eigenvalue weighted by Gasteiger charge is -2.33. The second-order valence-corrected chi connectivity index (χ2v) is 6.59. The maximum atomic E-state index is 12.7. The monoisotopic (exact) mass is 352 g/mol. The van der Waals surface area contributed by atoms with Crippen LogP contribution < -0.4 is 10.2 Å². The Bertz CT molecular complexity index is 954. The number of carbonyl (C=O) groups is 1. The second kappa shape index (κ2) is 6.70. The van der Waals surface area contributed by atoms with E-state index < -0.39 is 0 Å². The molecule has 1 unspecified atom stereocenters. The number of hydrogen-bond acceptors (Lipinski definition) is 7. The first kappa shape index (κ1) is 16.4. The molecule has 0 saturated carbocycles. The first-order valence-electron chi connectivity index (χ1n) is 8.68. The van der Waals surface area contributed by atoms with Gasteiger partial charge in [0.05, 0.1) is 11.6 Å². The van der Waals surface area contributed by atoms with E-state index in [9.17, 15) is 4.79 Å². The van der Waals surface area contributed by atoms with Gasteiger partial charge in [0.2, 0.25) is 5.91 Å². The molecule has 8 heteroatoms. The standard InChI is InChI=1S/C18H20N6O2/c1-11-5-3-7-19-15(11)22-17(25)13-6-4-8-24(9-13)16-14-12(2)23-26-18(14)21-10-20-16/h3,5,7,10,13H,4,6,8-9H2,1-2H3,(H,19,22,25). The van der Waals surface area contributed by atoms with E-state index in [4.69, 9.17) is 4.52 Å².